The number of rotatable bonds is 6. The zero-order valence-corrected chi connectivity index (χ0v) is 15.1. The summed E-state index contributed by atoms with van der Waals surface area (Å²) in [6, 6.07) is 18.3. The molecule has 0 spiro atoms. The fraction of sp³-hybridized carbons (Fsp3) is 0.211. The average Bonchev–Trinajstić information content (AvgIpc) is 2.60. The third-order valence-corrected chi connectivity index (χ3v) is 4.86. The molecule has 5 nitrogen and oxygen atoms in total. The van der Waals surface area contributed by atoms with Gasteiger partial charge in [-0.1, -0.05) is 48.0 Å². The summed E-state index contributed by atoms with van der Waals surface area (Å²) in [5.41, 5.74) is 9.34. The van der Waals surface area contributed by atoms with Crippen LogP contribution >= 0.6 is 11.8 Å². The Hall–Kier alpha value is -2.60. The first-order chi connectivity index (χ1) is 12.1. The molecule has 0 unspecified atom stereocenters. The van der Waals surface area contributed by atoms with Gasteiger partial charge in [-0.25, -0.2) is 0 Å². The van der Waals surface area contributed by atoms with Gasteiger partial charge in [0.1, 0.15) is 5.82 Å². The number of aryl methyl sites for hydroxylation is 1. The Morgan fingerprint density at radius 2 is 1.84 bits per heavy atom. The van der Waals surface area contributed by atoms with Crippen LogP contribution in [0.15, 0.2) is 54.6 Å². The van der Waals surface area contributed by atoms with Crippen molar-refractivity contribution in [3.8, 4) is 0 Å². The van der Waals surface area contributed by atoms with Crippen molar-refractivity contribution < 1.29 is 0 Å². The number of anilines is 3. The molecule has 2 aromatic carbocycles. The zero-order valence-electron chi connectivity index (χ0n) is 14.3. The lowest BCUT2D eigenvalue weighted by Crippen LogP contribution is -2.08. The molecule has 0 saturated heterocycles. The second kappa shape index (κ2) is 7.98. The van der Waals surface area contributed by atoms with Crippen LogP contribution in [-0.2, 0) is 5.75 Å². The minimum Gasteiger partial charge on any atom is -0.368 e. The Labute approximate surface area is 152 Å². The van der Waals surface area contributed by atoms with Gasteiger partial charge in [0.2, 0.25) is 11.9 Å². The number of aromatic nitrogens is 3. The van der Waals surface area contributed by atoms with E-state index in [-0.39, 0.29) is 11.2 Å². The SMILES string of the molecule is Cc1cccc(CS[C@@H](C)c2nc(N)nc(Nc3ccccc3)n2)c1. The number of hydrogen-bond donors (Lipinski definition) is 2. The fourth-order valence-corrected chi connectivity index (χ4v) is 3.27. The highest BCUT2D eigenvalue weighted by Crippen LogP contribution is 2.30. The monoisotopic (exact) mass is 351 g/mol. The molecule has 25 heavy (non-hydrogen) atoms. The Bertz CT molecular complexity index is 838. The lowest BCUT2D eigenvalue weighted by molar-refractivity contribution is 0.896. The van der Waals surface area contributed by atoms with Gasteiger partial charge in [-0.05, 0) is 31.5 Å². The molecule has 0 saturated carbocycles. The summed E-state index contributed by atoms with van der Waals surface area (Å²) < 4.78 is 0. The van der Waals surface area contributed by atoms with Crippen molar-refractivity contribution in [3.63, 3.8) is 0 Å². The zero-order chi connectivity index (χ0) is 17.6. The standard InChI is InChI=1S/C19H21N5S/c1-13-7-6-8-15(11-13)12-25-14(2)17-22-18(20)24-19(23-17)21-16-9-4-3-5-10-16/h3-11,14H,12H2,1-2H3,(H3,20,21,22,23,24)/t14-/m0/s1. The second-order valence-corrected chi connectivity index (χ2v) is 7.14. The molecule has 0 aliphatic carbocycles. The first-order valence-electron chi connectivity index (χ1n) is 8.11. The number of nitrogens with two attached hydrogens (primary N) is 1. The molecule has 0 aliphatic rings. The Morgan fingerprint density at radius 3 is 2.60 bits per heavy atom. The highest BCUT2D eigenvalue weighted by atomic mass is 32.2. The van der Waals surface area contributed by atoms with Crippen LogP contribution in [0.4, 0.5) is 17.6 Å². The molecule has 0 fully saturated rings. The molecule has 1 heterocycles. The van der Waals surface area contributed by atoms with Gasteiger partial charge in [-0.3, -0.25) is 0 Å². The summed E-state index contributed by atoms with van der Waals surface area (Å²) in [7, 11) is 0. The number of nitrogens with zero attached hydrogens (tertiary/aromatic N) is 3. The maximum absolute atomic E-state index is 5.87. The summed E-state index contributed by atoms with van der Waals surface area (Å²) in [5, 5.41) is 3.28. The van der Waals surface area contributed by atoms with Crippen molar-refractivity contribution in [2.75, 3.05) is 11.1 Å². The molecule has 0 aliphatic heterocycles. The summed E-state index contributed by atoms with van der Waals surface area (Å²) in [6.45, 7) is 4.19. The van der Waals surface area contributed by atoms with E-state index in [1.165, 1.54) is 11.1 Å². The van der Waals surface area contributed by atoms with Gasteiger partial charge in [-0.15, -0.1) is 11.8 Å². The van der Waals surface area contributed by atoms with E-state index in [4.69, 9.17) is 5.73 Å². The van der Waals surface area contributed by atoms with Gasteiger partial charge in [0.05, 0.1) is 5.25 Å². The van der Waals surface area contributed by atoms with Crippen molar-refractivity contribution in [1.82, 2.24) is 15.0 Å². The van der Waals surface area contributed by atoms with E-state index < -0.39 is 0 Å². The number of hydrogen-bond acceptors (Lipinski definition) is 6. The van der Waals surface area contributed by atoms with Gasteiger partial charge >= 0.3 is 0 Å². The van der Waals surface area contributed by atoms with E-state index in [0.717, 1.165) is 11.4 Å². The quantitative estimate of drug-likeness (QED) is 0.681. The van der Waals surface area contributed by atoms with Crippen LogP contribution in [0.1, 0.15) is 29.1 Å². The molecule has 1 atom stereocenters. The summed E-state index contributed by atoms with van der Waals surface area (Å²) in [5.74, 6) is 2.28. The summed E-state index contributed by atoms with van der Waals surface area (Å²) in [6.07, 6.45) is 0. The Morgan fingerprint density at radius 1 is 1.04 bits per heavy atom. The molecule has 128 valence electrons. The Balaban J connectivity index is 1.70. The van der Waals surface area contributed by atoms with E-state index in [1.807, 2.05) is 30.3 Å². The maximum Gasteiger partial charge on any atom is 0.232 e. The highest BCUT2D eigenvalue weighted by Gasteiger charge is 2.13. The van der Waals surface area contributed by atoms with E-state index in [9.17, 15) is 0 Å². The van der Waals surface area contributed by atoms with Crippen LogP contribution in [-0.4, -0.2) is 15.0 Å². The third-order valence-electron chi connectivity index (χ3n) is 3.65. The van der Waals surface area contributed by atoms with Crippen molar-refractivity contribution in [2.24, 2.45) is 0 Å². The normalized spacial score (nSPS) is 11.9. The smallest absolute Gasteiger partial charge is 0.232 e. The molecule has 0 amide bonds. The fourth-order valence-electron chi connectivity index (χ4n) is 2.40. The van der Waals surface area contributed by atoms with E-state index in [2.05, 4.69) is 58.4 Å². The lowest BCUT2D eigenvalue weighted by Gasteiger charge is -2.12. The van der Waals surface area contributed by atoms with Crippen molar-refractivity contribution >= 4 is 29.3 Å². The summed E-state index contributed by atoms with van der Waals surface area (Å²) >= 11 is 1.78. The van der Waals surface area contributed by atoms with Crippen LogP contribution in [0.25, 0.3) is 0 Å². The number of para-hydroxylation sites is 1. The van der Waals surface area contributed by atoms with Crippen LogP contribution in [0.5, 0.6) is 0 Å². The molecular formula is C19H21N5S. The van der Waals surface area contributed by atoms with Gasteiger partial charge in [0.15, 0.2) is 0 Å². The van der Waals surface area contributed by atoms with E-state index in [0.29, 0.717) is 11.8 Å². The van der Waals surface area contributed by atoms with E-state index >= 15 is 0 Å². The highest BCUT2D eigenvalue weighted by molar-refractivity contribution is 7.98. The van der Waals surface area contributed by atoms with Gasteiger partial charge < -0.3 is 11.1 Å². The lowest BCUT2D eigenvalue weighted by atomic mass is 10.2. The molecule has 0 radical (unpaired) electrons. The second-order valence-electron chi connectivity index (χ2n) is 5.81. The van der Waals surface area contributed by atoms with Gasteiger partial charge in [0.25, 0.3) is 0 Å². The molecule has 3 aromatic rings. The topological polar surface area (TPSA) is 76.7 Å². The molecule has 0 bridgehead atoms. The summed E-state index contributed by atoms with van der Waals surface area (Å²) in [4.78, 5) is 13.0. The first-order valence-corrected chi connectivity index (χ1v) is 9.16. The number of nitrogen functional groups attached to an aromatic ring is 1. The number of benzene rings is 2. The number of nitrogens with one attached hydrogen (secondary N) is 1. The molecule has 6 heteroatoms. The molecule has 3 rings (SSSR count). The molecule has 1 aromatic heterocycles. The van der Waals surface area contributed by atoms with Crippen LogP contribution in [0.2, 0.25) is 0 Å². The van der Waals surface area contributed by atoms with Gasteiger partial charge in [-0.2, -0.15) is 15.0 Å². The van der Waals surface area contributed by atoms with Gasteiger partial charge in [0, 0.05) is 11.4 Å². The minimum atomic E-state index is 0.113. The third kappa shape index (κ3) is 4.93. The van der Waals surface area contributed by atoms with Crippen LogP contribution in [0.3, 0.4) is 0 Å². The average molecular weight is 351 g/mol. The van der Waals surface area contributed by atoms with E-state index in [1.54, 1.807) is 11.8 Å². The van der Waals surface area contributed by atoms with Crippen molar-refractivity contribution in [3.05, 3.63) is 71.5 Å². The minimum absolute atomic E-state index is 0.113. The van der Waals surface area contributed by atoms with Crippen molar-refractivity contribution in [1.29, 1.82) is 0 Å². The molecule has 3 N–H and O–H groups in total. The van der Waals surface area contributed by atoms with Crippen LogP contribution < -0.4 is 11.1 Å². The predicted octanol–water partition coefficient (Wildman–Crippen LogP) is 4.50. The molecular weight excluding hydrogens is 330 g/mol. The predicted molar refractivity (Wildman–Crippen MR) is 105 cm³/mol. The largest absolute Gasteiger partial charge is 0.368 e. The Kier molecular flexibility index (Phi) is 5.50. The van der Waals surface area contributed by atoms with Crippen LogP contribution in [0, 0.1) is 6.92 Å². The van der Waals surface area contributed by atoms with Crippen molar-refractivity contribution in [2.45, 2.75) is 24.9 Å². The first kappa shape index (κ1) is 17.2. The maximum atomic E-state index is 5.87. The number of thioether (sulfide) groups is 1.